The highest BCUT2D eigenvalue weighted by molar-refractivity contribution is 6.33. The number of amides is 1. The molecule has 2 N–H and O–H groups in total. The molecule has 4 rings (SSSR count). The third-order valence-corrected chi connectivity index (χ3v) is 5.13. The van der Waals surface area contributed by atoms with Crippen LogP contribution in [0.3, 0.4) is 0 Å². The van der Waals surface area contributed by atoms with Gasteiger partial charge in [0.2, 0.25) is 5.88 Å². The summed E-state index contributed by atoms with van der Waals surface area (Å²) in [5.74, 6) is -1.11. The fraction of sp³-hybridized carbons (Fsp3) is 0.0476. The number of benzene rings is 2. The quantitative estimate of drug-likeness (QED) is 0.589. The number of hydrogen-bond acceptors (Lipinski definition) is 5. The second-order valence-electron chi connectivity index (χ2n) is 6.65. The summed E-state index contributed by atoms with van der Waals surface area (Å²) in [6.07, 6.45) is 1.21. The molecule has 0 spiro atoms. The number of nitrogens with zero attached hydrogens (tertiary/aromatic N) is 3. The van der Waals surface area contributed by atoms with Gasteiger partial charge in [-0.2, -0.15) is 10.1 Å². The Morgan fingerprint density at radius 2 is 1.48 bits per heavy atom. The van der Waals surface area contributed by atoms with E-state index in [1.54, 1.807) is 31.2 Å². The van der Waals surface area contributed by atoms with Crippen LogP contribution < -0.4 is 16.3 Å². The average molecular weight is 457 g/mol. The second-order valence-corrected chi connectivity index (χ2v) is 7.52. The lowest BCUT2D eigenvalue weighted by molar-refractivity contribution is -0.114. The highest BCUT2D eigenvalue weighted by atomic mass is 35.5. The van der Waals surface area contributed by atoms with Crippen molar-refractivity contribution in [1.82, 2.24) is 9.55 Å². The van der Waals surface area contributed by atoms with Crippen molar-refractivity contribution in [2.75, 3.05) is 5.01 Å². The van der Waals surface area contributed by atoms with Gasteiger partial charge in [-0.1, -0.05) is 23.2 Å². The number of H-pyrrole nitrogens is 1. The molecule has 1 amide bonds. The summed E-state index contributed by atoms with van der Waals surface area (Å²) in [6.45, 7) is 1.60. The van der Waals surface area contributed by atoms with E-state index in [9.17, 15) is 19.5 Å². The van der Waals surface area contributed by atoms with E-state index >= 15 is 0 Å². The third-order valence-electron chi connectivity index (χ3n) is 4.63. The van der Waals surface area contributed by atoms with Gasteiger partial charge in [-0.3, -0.25) is 14.6 Å². The smallest absolute Gasteiger partial charge is 0.335 e. The second kappa shape index (κ2) is 7.90. The first-order valence-electron chi connectivity index (χ1n) is 8.98. The summed E-state index contributed by atoms with van der Waals surface area (Å²) in [6, 6.07) is 12.6. The van der Waals surface area contributed by atoms with Crippen molar-refractivity contribution in [3.63, 3.8) is 0 Å². The van der Waals surface area contributed by atoms with Gasteiger partial charge < -0.3 is 5.11 Å². The minimum absolute atomic E-state index is 0.0945. The first kappa shape index (κ1) is 20.6. The standard InChI is InChI=1S/C21H14Cl2N4O4/c1-11-16(20(30)27(25-11)15-8-4-13(23)5-9-15)10-17-18(28)24-21(31)26(19(17)29)14-6-2-12(22)3-7-14/h2-10,29H,1H3,(H,24,28,31)/b16-10-. The molecule has 0 aliphatic carbocycles. The van der Waals surface area contributed by atoms with Crippen LogP contribution in [0.25, 0.3) is 11.8 Å². The number of nitrogens with one attached hydrogen (secondary N) is 1. The molecule has 1 aromatic heterocycles. The molecule has 2 aromatic carbocycles. The van der Waals surface area contributed by atoms with Crippen molar-refractivity contribution >= 4 is 46.6 Å². The molecule has 0 fully saturated rings. The van der Waals surface area contributed by atoms with Crippen molar-refractivity contribution in [2.45, 2.75) is 6.92 Å². The Morgan fingerprint density at radius 3 is 2.06 bits per heavy atom. The molecule has 31 heavy (non-hydrogen) atoms. The number of aromatic hydroxyl groups is 1. The normalized spacial score (nSPS) is 14.9. The molecule has 1 aliphatic rings. The summed E-state index contributed by atoms with van der Waals surface area (Å²) in [7, 11) is 0. The Balaban J connectivity index is 1.81. The molecule has 0 bridgehead atoms. The van der Waals surface area contributed by atoms with Gasteiger partial charge in [-0.15, -0.1) is 0 Å². The zero-order valence-corrected chi connectivity index (χ0v) is 17.5. The zero-order chi connectivity index (χ0) is 22.3. The van der Waals surface area contributed by atoms with E-state index in [1.165, 1.54) is 30.3 Å². The van der Waals surface area contributed by atoms with Crippen LogP contribution >= 0.6 is 23.2 Å². The van der Waals surface area contributed by atoms with E-state index in [0.717, 1.165) is 9.58 Å². The fourth-order valence-electron chi connectivity index (χ4n) is 3.08. The summed E-state index contributed by atoms with van der Waals surface area (Å²) in [5.41, 5.74) is -0.732. The highest BCUT2D eigenvalue weighted by Gasteiger charge is 2.29. The van der Waals surface area contributed by atoms with Crippen molar-refractivity contribution in [1.29, 1.82) is 0 Å². The van der Waals surface area contributed by atoms with Gasteiger partial charge in [0, 0.05) is 10.0 Å². The maximum absolute atomic E-state index is 12.9. The predicted molar refractivity (Wildman–Crippen MR) is 119 cm³/mol. The molecule has 0 saturated carbocycles. The van der Waals surface area contributed by atoms with Crippen LogP contribution in [0.5, 0.6) is 5.88 Å². The Labute approximate surface area is 185 Å². The van der Waals surface area contributed by atoms with Gasteiger partial charge in [-0.05, 0) is 61.5 Å². The van der Waals surface area contributed by atoms with Crippen LogP contribution in [0.2, 0.25) is 10.0 Å². The molecule has 2 heterocycles. The van der Waals surface area contributed by atoms with Gasteiger partial charge in [0.25, 0.3) is 11.5 Å². The van der Waals surface area contributed by atoms with Crippen molar-refractivity contribution < 1.29 is 9.90 Å². The molecular formula is C21H14Cl2N4O4. The first-order chi connectivity index (χ1) is 14.8. The van der Waals surface area contributed by atoms with E-state index in [0.29, 0.717) is 21.4 Å². The number of anilines is 1. The maximum Gasteiger partial charge on any atom is 0.335 e. The number of hydrazone groups is 1. The SMILES string of the molecule is CC1=NN(c2ccc(Cl)cc2)C(=O)/C1=C\c1c(O)n(-c2ccc(Cl)cc2)c(=O)[nH]c1=O. The first-order valence-corrected chi connectivity index (χ1v) is 9.73. The average Bonchev–Trinajstić information content (AvgIpc) is 3.01. The third kappa shape index (κ3) is 3.78. The summed E-state index contributed by atoms with van der Waals surface area (Å²) >= 11 is 11.8. The number of aromatic amines is 1. The monoisotopic (exact) mass is 456 g/mol. The minimum Gasteiger partial charge on any atom is -0.494 e. The minimum atomic E-state index is -0.842. The largest absolute Gasteiger partial charge is 0.494 e. The fourth-order valence-corrected chi connectivity index (χ4v) is 3.34. The molecule has 0 atom stereocenters. The maximum atomic E-state index is 12.9. The van der Waals surface area contributed by atoms with Gasteiger partial charge in [0.05, 0.1) is 22.7 Å². The molecule has 156 valence electrons. The van der Waals surface area contributed by atoms with Crippen molar-refractivity contribution in [3.8, 4) is 11.6 Å². The lowest BCUT2D eigenvalue weighted by Crippen LogP contribution is -2.30. The van der Waals surface area contributed by atoms with E-state index in [1.807, 2.05) is 0 Å². The van der Waals surface area contributed by atoms with Crippen LogP contribution in [-0.2, 0) is 4.79 Å². The lowest BCUT2D eigenvalue weighted by atomic mass is 10.1. The van der Waals surface area contributed by atoms with Crippen LogP contribution in [0.4, 0.5) is 5.69 Å². The van der Waals surface area contributed by atoms with Crippen LogP contribution in [0.1, 0.15) is 12.5 Å². The molecule has 1 aliphatic heterocycles. The van der Waals surface area contributed by atoms with Crippen LogP contribution in [0.15, 0.2) is 68.8 Å². The predicted octanol–water partition coefficient (Wildman–Crippen LogP) is 3.34. The van der Waals surface area contributed by atoms with Crippen molar-refractivity contribution in [3.05, 3.63) is 90.6 Å². The molecular weight excluding hydrogens is 443 g/mol. The lowest BCUT2D eigenvalue weighted by Gasteiger charge is -2.12. The highest BCUT2D eigenvalue weighted by Crippen LogP contribution is 2.27. The Kier molecular flexibility index (Phi) is 5.26. The Bertz CT molecular complexity index is 1370. The number of aromatic nitrogens is 2. The van der Waals surface area contributed by atoms with Gasteiger partial charge in [0.1, 0.15) is 5.56 Å². The van der Waals surface area contributed by atoms with E-state index in [-0.39, 0.29) is 16.8 Å². The zero-order valence-electron chi connectivity index (χ0n) is 16.0. The van der Waals surface area contributed by atoms with E-state index in [4.69, 9.17) is 23.2 Å². The molecule has 10 heteroatoms. The summed E-state index contributed by atoms with van der Waals surface area (Å²) < 4.78 is 0.910. The molecule has 3 aromatic rings. The number of hydrogen-bond donors (Lipinski definition) is 2. The van der Waals surface area contributed by atoms with Gasteiger partial charge in [0.15, 0.2) is 0 Å². The van der Waals surface area contributed by atoms with Gasteiger partial charge in [-0.25, -0.2) is 9.36 Å². The number of carbonyl (C=O) groups excluding carboxylic acids is 1. The van der Waals surface area contributed by atoms with E-state index in [2.05, 4.69) is 10.1 Å². The van der Waals surface area contributed by atoms with Crippen molar-refractivity contribution in [2.24, 2.45) is 5.10 Å². The topological polar surface area (TPSA) is 108 Å². The number of halogens is 2. The Morgan fingerprint density at radius 1 is 0.935 bits per heavy atom. The summed E-state index contributed by atoms with van der Waals surface area (Å²) in [5, 5.41) is 17.0. The molecule has 0 unspecified atom stereocenters. The van der Waals surface area contributed by atoms with Crippen LogP contribution in [-0.4, -0.2) is 26.3 Å². The molecule has 0 saturated heterocycles. The van der Waals surface area contributed by atoms with Crippen LogP contribution in [0, 0.1) is 0 Å². The van der Waals surface area contributed by atoms with Gasteiger partial charge >= 0.3 is 5.69 Å². The summed E-state index contributed by atoms with van der Waals surface area (Å²) in [4.78, 5) is 39.8. The number of rotatable bonds is 3. The molecule has 8 nitrogen and oxygen atoms in total. The molecule has 0 radical (unpaired) electrons. The number of carbonyl (C=O) groups is 1. The van der Waals surface area contributed by atoms with E-state index < -0.39 is 23.0 Å². The Hall–Kier alpha value is -3.62.